The number of benzene rings is 2. The molecule has 0 aromatic heterocycles. The van der Waals surface area contributed by atoms with Crippen LogP contribution in [0.1, 0.15) is 22.8 Å². The number of hydrogen-bond acceptors (Lipinski definition) is 3. The monoisotopic (exact) mass is 330 g/mol. The predicted molar refractivity (Wildman–Crippen MR) is 90.3 cm³/mol. The van der Waals surface area contributed by atoms with Crippen molar-refractivity contribution in [1.29, 1.82) is 0 Å². The van der Waals surface area contributed by atoms with E-state index in [0.717, 1.165) is 18.7 Å². The van der Waals surface area contributed by atoms with E-state index in [1.54, 1.807) is 24.3 Å². The summed E-state index contributed by atoms with van der Waals surface area (Å²) in [5, 5.41) is 0. The van der Waals surface area contributed by atoms with E-state index in [1.807, 2.05) is 11.0 Å². The summed E-state index contributed by atoms with van der Waals surface area (Å²) in [6.07, 6.45) is 0. The lowest BCUT2D eigenvalue weighted by molar-refractivity contribution is 0.101. The molecule has 0 unspecified atom stereocenters. The molecule has 0 spiro atoms. The summed E-state index contributed by atoms with van der Waals surface area (Å²) in [5.74, 6) is -0.722. The Bertz CT molecular complexity index is 740. The first-order valence-corrected chi connectivity index (χ1v) is 8.05. The highest BCUT2D eigenvalue weighted by atomic mass is 19.1. The van der Waals surface area contributed by atoms with Crippen LogP contribution in [0.4, 0.5) is 14.5 Å². The third kappa shape index (κ3) is 3.79. The van der Waals surface area contributed by atoms with Crippen LogP contribution in [0, 0.1) is 11.6 Å². The van der Waals surface area contributed by atoms with Gasteiger partial charge in [-0.3, -0.25) is 9.69 Å². The predicted octanol–water partition coefficient (Wildman–Crippen LogP) is 3.49. The molecule has 0 atom stereocenters. The Morgan fingerprint density at radius 1 is 1.04 bits per heavy atom. The maximum atomic E-state index is 14.2. The van der Waals surface area contributed by atoms with Crippen LogP contribution in [0.15, 0.2) is 42.5 Å². The second-order valence-corrected chi connectivity index (χ2v) is 6.12. The molecule has 0 bridgehead atoms. The first-order valence-electron chi connectivity index (χ1n) is 8.05. The molecule has 2 aromatic rings. The first-order chi connectivity index (χ1) is 11.5. The van der Waals surface area contributed by atoms with E-state index >= 15 is 0 Å². The number of Topliss-reactive ketones (excluding diaryl/α,β-unsaturated/α-hetero) is 1. The van der Waals surface area contributed by atoms with Crippen LogP contribution >= 0.6 is 0 Å². The van der Waals surface area contributed by atoms with Crippen LogP contribution in [0.5, 0.6) is 0 Å². The lowest BCUT2D eigenvalue weighted by Crippen LogP contribution is -2.46. The summed E-state index contributed by atoms with van der Waals surface area (Å²) in [7, 11) is 0. The third-order valence-electron chi connectivity index (χ3n) is 4.36. The van der Waals surface area contributed by atoms with Gasteiger partial charge < -0.3 is 4.90 Å². The highest BCUT2D eigenvalue weighted by molar-refractivity contribution is 5.94. The molecule has 5 heteroatoms. The van der Waals surface area contributed by atoms with Crippen molar-refractivity contribution in [1.82, 2.24) is 4.90 Å². The van der Waals surface area contributed by atoms with Gasteiger partial charge in [-0.2, -0.15) is 0 Å². The summed E-state index contributed by atoms with van der Waals surface area (Å²) < 4.78 is 27.5. The highest BCUT2D eigenvalue weighted by Crippen LogP contribution is 2.22. The van der Waals surface area contributed by atoms with Crippen LogP contribution in [0.2, 0.25) is 0 Å². The maximum Gasteiger partial charge on any atom is 0.159 e. The number of halogens is 2. The number of anilines is 1. The summed E-state index contributed by atoms with van der Waals surface area (Å²) in [4.78, 5) is 15.5. The standard InChI is InChI=1S/C19H20F2N2O/c1-14(24)16-5-6-19(18(21)12-16)23-9-7-22(8-10-23)13-15-3-2-4-17(20)11-15/h2-6,11-12H,7-10,13H2,1H3. The summed E-state index contributed by atoms with van der Waals surface area (Å²) >= 11 is 0. The van der Waals surface area contributed by atoms with Crippen molar-refractivity contribution in [3.8, 4) is 0 Å². The molecule has 1 fully saturated rings. The van der Waals surface area contributed by atoms with Crippen molar-refractivity contribution in [2.24, 2.45) is 0 Å². The molecule has 0 saturated carbocycles. The maximum absolute atomic E-state index is 14.2. The second-order valence-electron chi connectivity index (χ2n) is 6.12. The van der Waals surface area contributed by atoms with Gasteiger partial charge in [-0.15, -0.1) is 0 Å². The Morgan fingerprint density at radius 2 is 1.79 bits per heavy atom. The minimum atomic E-state index is -0.360. The van der Waals surface area contributed by atoms with Crippen LogP contribution in [-0.2, 0) is 6.54 Å². The molecular formula is C19H20F2N2O. The van der Waals surface area contributed by atoms with E-state index in [0.29, 0.717) is 30.9 Å². The van der Waals surface area contributed by atoms with Gasteiger partial charge in [0.05, 0.1) is 5.69 Å². The zero-order valence-corrected chi connectivity index (χ0v) is 13.6. The van der Waals surface area contributed by atoms with Gasteiger partial charge in [0.15, 0.2) is 5.78 Å². The Kier molecular flexibility index (Phi) is 4.90. The molecule has 0 radical (unpaired) electrons. The topological polar surface area (TPSA) is 23.6 Å². The summed E-state index contributed by atoms with van der Waals surface area (Å²) in [6.45, 7) is 5.09. The van der Waals surface area contributed by atoms with Gasteiger partial charge in [-0.25, -0.2) is 8.78 Å². The fourth-order valence-corrected chi connectivity index (χ4v) is 3.02. The van der Waals surface area contributed by atoms with Gasteiger partial charge in [0.25, 0.3) is 0 Å². The molecule has 0 aliphatic carbocycles. The molecular weight excluding hydrogens is 310 g/mol. The van der Waals surface area contributed by atoms with Crippen molar-refractivity contribution in [2.75, 3.05) is 31.1 Å². The number of rotatable bonds is 4. The van der Waals surface area contributed by atoms with E-state index in [9.17, 15) is 13.6 Å². The number of carbonyl (C=O) groups excluding carboxylic acids is 1. The minimum Gasteiger partial charge on any atom is -0.367 e. The van der Waals surface area contributed by atoms with Gasteiger partial charge in [-0.05, 0) is 42.8 Å². The van der Waals surface area contributed by atoms with Gasteiger partial charge in [0.2, 0.25) is 0 Å². The van der Waals surface area contributed by atoms with Crippen LogP contribution in [0.25, 0.3) is 0 Å². The van der Waals surface area contributed by atoms with Gasteiger partial charge in [0.1, 0.15) is 11.6 Å². The molecule has 1 heterocycles. The summed E-state index contributed by atoms with van der Waals surface area (Å²) in [6, 6.07) is 11.3. The van der Waals surface area contributed by atoms with Crippen molar-refractivity contribution in [2.45, 2.75) is 13.5 Å². The van der Waals surface area contributed by atoms with E-state index in [4.69, 9.17) is 0 Å². The Balaban J connectivity index is 1.62. The molecule has 1 saturated heterocycles. The van der Waals surface area contributed by atoms with Gasteiger partial charge in [0, 0.05) is 38.3 Å². The van der Waals surface area contributed by atoms with E-state index < -0.39 is 0 Å². The fourth-order valence-electron chi connectivity index (χ4n) is 3.02. The van der Waals surface area contributed by atoms with Crippen LogP contribution < -0.4 is 4.90 Å². The Labute approximate surface area is 140 Å². The lowest BCUT2D eigenvalue weighted by Gasteiger charge is -2.36. The van der Waals surface area contributed by atoms with Crippen molar-refractivity contribution < 1.29 is 13.6 Å². The molecule has 1 aliphatic heterocycles. The number of piperazine rings is 1. The zero-order chi connectivity index (χ0) is 17.1. The van der Waals surface area contributed by atoms with Crippen LogP contribution in [-0.4, -0.2) is 36.9 Å². The average molecular weight is 330 g/mol. The third-order valence-corrected chi connectivity index (χ3v) is 4.36. The quantitative estimate of drug-likeness (QED) is 0.802. The lowest BCUT2D eigenvalue weighted by atomic mass is 10.1. The largest absolute Gasteiger partial charge is 0.367 e. The fraction of sp³-hybridized carbons (Fsp3) is 0.316. The van der Waals surface area contributed by atoms with Crippen molar-refractivity contribution >= 4 is 11.5 Å². The second kappa shape index (κ2) is 7.09. The number of ketones is 1. The van der Waals surface area contributed by atoms with Gasteiger partial charge >= 0.3 is 0 Å². The molecule has 24 heavy (non-hydrogen) atoms. The molecule has 1 aliphatic rings. The van der Waals surface area contributed by atoms with E-state index in [2.05, 4.69) is 4.90 Å². The molecule has 0 N–H and O–H groups in total. The summed E-state index contributed by atoms with van der Waals surface area (Å²) in [5.41, 5.74) is 1.87. The molecule has 126 valence electrons. The van der Waals surface area contributed by atoms with Gasteiger partial charge in [-0.1, -0.05) is 12.1 Å². The first kappa shape index (κ1) is 16.6. The Hall–Kier alpha value is -2.27. The molecule has 0 amide bonds. The number of hydrogen-bond donors (Lipinski definition) is 0. The average Bonchev–Trinajstić information content (AvgIpc) is 2.55. The normalized spacial score (nSPS) is 15.5. The molecule has 3 rings (SSSR count). The molecule has 3 nitrogen and oxygen atoms in total. The van der Waals surface area contributed by atoms with Crippen molar-refractivity contribution in [3.05, 3.63) is 65.2 Å². The number of carbonyl (C=O) groups is 1. The van der Waals surface area contributed by atoms with E-state index in [1.165, 1.54) is 19.1 Å². The highest BCUT2D eigenvalue weighted by Gasteiger charge is 2.20. The zero-order valence-electron chi connectivity index (χ0n) is 13.6. The minimum absolute atomic E-state index is 0.139. The Morgan fingerprint density at radius 3 is 2.42 bits per heavy atom. The van der Waals surface area contributed by atoms with Crippen molar-refractivity contribution in [3.63, 3.8) is 0 Å². The molecule has 2 aromatic carbocycles. The number of nitrogens with zero attached hydrogens (tertiary/aromatic N) is 2. The van der Waals surface area contributed by atoms with E-state index in [-0.39, 0.29) is 17.4 Å². The van der Waals surface area contributed by atoms with Crippen LogP contribution in [0.3, 0.4) is 0 Å². The smallest absolute Gasteiger partial charge is 0.159 e. The SMILES string of the molecule is CC(=O)c1ccc(N2CCN(Cc3cccc(F)c3)CC2)c(F)c1.